The van der Waals surface area contributed by atoms with E-state index in [1.54, 1.807) is 0 Å². The smallest absolute Gasteiger partial charge is 0.0727 e. The van der Waals surface area contributed by atoms with Crippen molar-refractivity contribution in [3.8, 4) is 0 Å². The van der Waals surface area contributed by atoms with Crippen molar-refractivity contribution in [3.05, 3.63) is 45.1 Å². The molecule has 0 saturated carbocycles. The van der Waals surface area contributed by atoms with Gasteiger partial charge in [0.25, 0.3) is 0 Å². The van der Waals surface area contributed by atoms with Crippen molar-refractivity contribution in [2.24, 2.45) is 7.05 Å². The number of anilines is 1. The third-order valence-electron chi connectivity index (χ3n) is 3.02. The fourth-order valence-electron chi connectivity index (χ4n) is 2.12. The molecule has 0 saturated heterocycles. The second-order valence-electron chi connectivity index (χ2n) is 5.90. The molecule has 1 heterocycles. The summed E-state index contributed by atoms with van der Waals surface area (Å²) in [5.41, 5.74) is 3.26. The van der Waals surface area contributed by atoms with Crippen LogP contribution in [-0.2, 0) is 19.0 Å². The molecule has 0 spiro atoms. The largest absolute Gasteiger partial charge is 0.380 e. The zero-order chi connectivity index (χ0) is 14.9. The van der Waals surface area contributed by atoms with E-state index in [-0.39, 0.29) is 5.41 Å². The molecule has 2 rings (SSSR count). The molecule has 0 aliphatic rings. The molecule has 0 radical (unpaired) electrons. The third-order valence-corrected chi connectivity index (χ3v) is 3.82. The number of hydrogen-bond donors (Lipinski definition) is 1. The van der Waals surface area contributed by atoms with Crippen LogP contribution in [0.25, 0.3) is 0 Å². The molecular formula is C15H19BrClN3. The molecule has 0 amide bonds. The second-order valence-corrected chi connectivity index (χ2v) is 7.23. The molecule has 5 heteroatoms. The topological polar surface area (TPSA) is 29.9 Å². The minimum absolute atomic E-state index is 0.0295. The van der Waals surface area contributed by atoms with Gasteiger partial charge < -0.3 is 5.32 Å². The Labute approximate surface area is 133 Å². The van der Waals surface area contributed by atoms with Crippen LogP contribution in [0.4, 0.5) is 5.69 Å². The maximum absolute atomic E-state index is 6.22. The van der Waals surface area contributed by atoms with E-state index in [0.29, 0.717) is 11.6 Å². The summed E-state index contributed by atoms with van der Waals surface area (Å²) in [5.74, 6) is 0. The van der Waals surface area contributed by atoms with Gasteiger partial charge in [-0.05, 0) is 18.2 Å². The van der Waals surface area contributed by atoms with Crippen LogP contribution in [0.1, 0.15) is 32.0 Å². The summed E-state index contributed by atoms with van der Waals surface area (Å²) in [4.78, 5) is 0. The average Bonchev–Trinajstić information content (AvgIpc) is 2.69. The molecule has 108 valence electrons. The molecule has 0 atom stereocenters. The number of halogens is 2. The fourth-order valence-corrected chi connectivity index (χ4v) is 2.86. The van der Waals surface area contributed by atoms with Crippen molar-refractivity contribution in [1.29, 1.82) is 0 Å². The molecule has 0 fully saturated rings. The van der Waals surface area contributed by atoms with E-state index < -0.39 is 0 Å². The fraction of sp³-hybridized carbons (Fsp3) is 0.400. The summed E-state index contributed by atoms with van der Waals surface area (Å²) in [7, 11) is 1.95. The average molecular weight is 357 g/mol. The van der Waals surface area contributed by atoms with Gasteiger partial charge in [-0.1, -0.05) is 48.3 Å². The number of benzene rings is 1. The lowest BCUT2D eigenvalue weighted by Crippen LogP contribution is -2.16. The molecule has 0 aliphatic carbocycles. The quantitative estimate of drug-likeness (QED) is 0.860. The van der Waals surface area contributed by atoms with Gasteiger partial charge in [-0.3, -0.25) is 4.68 Å². The zero-order valence-corrected chi connectivity index (χ0v) is 14.5. The van der Waals surface area contributed by atoms with Crippen LogP contribution in [0, 0.1) is 0 Å². The first-order valence-electron chi connectivity index (χ1n) is 6.49. The Hall–Kier alpha value is -1.00. The first-order chi connectivity index (χ1) is 9.27. The first-order valence-corrected chi connectivity index (χ1v) is 7.66. The summed E-state index contributed by atoms with van der Waals surface area (Å²) < 4.78 is 2.84. The van der Waals surface area contributed by atoms with Crippen LogP contribution in [0.15, 0.2) is 28.9 Å². The highest BCUT2D eigenvalue weighted by molar-refractivity contribution is 9.10. The van der Waals surface area contributed by atoms with Crippen LogP contribution in [-0.4, -0.2) is 9.78 Å². The molecule has 3 nitrogen and oxygen atoms in total. The first kappa shape index (κ1) is 15.4. The number of nitrogens with one attached hydrogen (secondary N) is 1. The van der Waals surface area contributed by atoms with Crippen LogP contribution in [0.3, 0.4) is 0 Å². The highest BCUT2D eigenvalue weighted by Crippen LogP contribution is 2.28. The van der Waals surface area contributed by atoms with Gasteiger partial charge in [-0.25, -0.2) is 0 Å². The minimum atomic E-state index is 0.0295. The lowest BCUT2D eigenvalue weighted by Gasteiger charge is -2.18. The van der Waals surface area contributed by atoms with Crippen molar-refractivity contribution < 1.29 is 0 Å². The van der Waals surface area contributed by atoms with Crippen LogP contribution in [0.5, 0.6) is 0 Å². The number of nitrogens with zero attached hydrogens (tertiary/aromatic N) is 2. The Balaban J connectivity index is 2.19. The van der Waals surface area contributed by atoms with Crippen molar-refractivity contribution in [2.75, 3.05) is 5.32 Å². The summed E-state index contributed by atoms with van der Waals surface area (Å²) in [6.07, 6.45) is 2.06. The number of aryl methyl sites for hydroxylation is 1. The monoisotopic (exact) mass is 355 g/mol. The summed E-state index contributed by atoms with van der Waals surface area (Å²) >= 11 is 9.63. The SMILES string of the molecule is Cn1cc(CNc2ccc(Br)cc2Cl)c(C(C)(C)C)n1. The third kappa shape index (κ3) is 3.55. The highest BCUT2D eigenvalue weighted by Gasteiger charge is 2.21. The molecule has 1 aromatic heterocycles. The second kappa shape index (κ2) is 5.78. The molecule has 0 unspecified atom stereocenters. The van der Waals surface area contributed by atoms with E-state index in [9.17, 15) is 0 Å². The minimum Gasteiger partial charge on any atom is -0.380 e. The lowest BCUT2D eigenvalue weighted by molar-refractivity contribution is 0.549. The van der Waals surface area contributed by atoms with Crippen molar-refractivity contribution >= 4 is 33.2 Å². The van der Waals surface area contributed by atoms with Crippen molar-refractivity contribution in [1.82, 2.24) is 9.78 Å². The molecule has 1 N–H and O–H groups in total. The number of rotatable bonds is 3. The summed E-state index contributed by atoms with van der Waals surface area (Å²) in [5, 5.41) is 8.65. The van der Waals surface area contributed by atoms with Gasteiger partial charge in [0.15, 0.2) is 0 Å². The van der Waals surface area contributed by atoms with Crippen LogP contribution >= 0.6 is 27.5 Å². The lowest BCUT2D eigenvalue weighted by atomic mass is 9.89. The maximum atomic E-state index is 6.22. The summed E-state index contributed by atoms with van der Waals surface area (Å²) in [6.45, 7) is 7.23. The van der Waals surface area contributed by atoms with Crippen molar-refractivity contribution in [3.63, 3.8) is 0 Å². The zero-order valence-electron chi connectivity index (χ0n) is 12.2. The normalized spacial score (nSPS) is 11.7. The van der Waals surface area contributed by atoms with Gasteiger partial charge in [-0.15, -0.1) is 0 Å². The van der Waals surface area contributed by atoms with Crippen LogP contribution < -0.4 is 5.32 Å². The van der Waals surface area contributed by atoms with Crippen LogP contribution in [0.2, 0.25) is 5.02 Å². The van der Waals surface area contributed by atoms with E-state index in [1.165, 1.54) is 5.56 Å². The molecule has 0 aliphatic heterocycles. The van der Waals surface area contributed by atoms with Gasteiger partial charge in [0.05, 0.1) is 16.4 Å². The van der Waals surface area contributed by atoms with E-state index in [4.69, 9.17) is 11.6 Å². The Morgan fingerprint density at radius 2 is 2.05 bits per heavy atom. The van der Waals surface area contributed by atoms with Gasteiger partial charge in [0, 0.05) is 35.2 Å². The standard InChI is InChI=1S/C15H19BrClN3/c1-15(2,3)14-10(9-20(4)19-14)8-18-13-6-5-11(16)7-12(13)17/h5-7,9,18H,8H2,1-4H3. The van der Waals surface area contributed by atoms with E-state index in [0.717, 1.165) is 15.9 Å². The van der Waals surface area contributed by atoms with E-state index in [1.807, 2.05) is 29.9 Å². The Morgan fingerprint density at radius 3 is 2.65 bits per heavy atom. The molecule has 1 aromatic carbocycles. The molecule has 2 aromatic rings. The Bertz CT molecular complexity index is 614. The van der Waals surface area contributed by atoms with E-state index in [2.05, 4.69) is 53.3 Å². The molecule has 0 bridgehead atoms. The number of aromatic nitrogens is 2. The predicted molar refractivity (Wildman–Crippen MR) is 88.4 cm³/mol. The molecular weight excluding hydrogens is 338 g/mol. The number of hydrogen-bond acceptors (Lipinski definition) is 2. The highest BCUT2D eigenvalue weighted by atomic mass is 79.9. The van der Waals surface area contributed by atoms with E-state index >= 15 is 0 Å². The molecule has 20 heavy (non-hydrogen) atoms. The predicted octanol–water partition coefficient (Wildman–Crippen LogP) is 4.75. The maximum Gasteiger partial charge on any atom is 0.0727 e. The summed E-state index contributed by atoms with van der Waals surface area (Å²) in [6, 6.07) is 5.83. The van der Waals surface area contributed by atoms with Gasteiger partial charge in [0.1, 0.15) is 0 Å². The van der Waals surface area contributed by atoms with Crippen molar-refractivity contribution in [2.45, 2.75) is 32.7 Å². The van der Waals surface area contributed by atoms with Gasteiger partial charge in [0.2, 0.25) is 0 Å². The Morgan fingerprint density at radius 1 is 1.35 bits per heavy atom. The Kier molecular flexibility index (Phi) is 4.45. The van der Waals surface area contributed by atoms with Gasteiger partial charge >= 0.3 is 0 Å². The van der Waals surface area contributed by atoms with Gasteiger partial charge in [-0.2, -0.15) is 5.10 Å².